The molecule has 8 nitrogen and oxygen atoms in total. The Morgan fingerprint density at radius 3 is 2.55 bits per heavy atom. The standard InChI is InChI=1S/C23H26N6O2/c30-23(20-15-19(26-27-20)21-5-4-14-31-21)24-17-8-6-16(7-9-17)18-10-11-22(28-25-18)29-12-2-1-3-13-29/h4-11,14,19-20,26-27H,1-3,12-13,15H2,(H,24,30). The molecule has 0 radical (unpaired) electrons. The van der Waals surface area contributed by atoms with Gasteiger partial charge in [-0.3, -0.25) is 4.79 Å². The fourth-order valence-corrected chi connectivity index (χ4v) is 4.13. The number of aromatic nitrogens is 2. The first-order chi connectivity index (χ1) is 15.3. The summed E-state index contributed by atoms with van der Waals surface area (Å²) in [6, 6.07) is 15.1. The highest BCUT2D eigenvalue weighted by atomic mass is 16.3. The Balaban J connectivity index is 1.19. The maximum Gasteiger partial charge on any atom is 0.242 e. The number of rotatable bonds is 5. The maximum absolute atomic E-state index is 12.6. The van der Waals surface area contributed by atoms with E-state index >= 15 is 0 Å². The summed E-state index contributed by atoms with van der Waals surface area (Å²) in [5.41, 5.74) is 8.68. The first kappa shape index (κ1) is 19.7. The Labute approximate surface area is 181 Å². The number of nitrogens with one attached hydrogen (secondary N) is 3. The van der Waals surface area contributed by atoms with Crippen LogP contribution < -0.4 is 21.1 Å². The number of hydrazine groups is 1. The Kier molecular flexibility index (Phi) is 5.64. The number of furan rings is 1. The van der Waals surface area contributed by atoms with E-state index in [9.17, 15) is 4.79 Å². The molecule has 160 valence electrons. The number of carbonyl (C=O) groups excluding carboxylic acids is 1. The number of benzene rings is 1. The molecule has 2 aliphatic heterocycles. The van der Waals surface area contributed by atoms with Crippen LogP contribution in [0.4, 0.5) is 11.5 Å². The lowest BCUT2D eigenvalue weighted by atomic mass is 10.1. The molecule has 0 aliphatic carbocycles. The predicted molar refractivity (Wildman–Crippen MR) is 118 cm³/mol. The van der Waals surface area contributed by atoms with E-state index in [0.29, 0.717) is 6.42 Å². The second-order valence-electron chi connectivity index (χ2n) is 8.04. The summed E-state index contributed by atoms with van der Waals surface area (Å²) in [4.78, 5) is 14.9. The van der Waals surface area contributed by atoms with E-state index in [4.69, 9.17) is 4.42 Å². The van der Waals surface area contributed by atoms with E-state index in [2.05, 4.69) is 31.3 Å². The fourth-order valence-electron chi connectivity index (χ4n) is 4.13. The smallest absolute Gasteiger partial charge is 0.242 e. The van der Waals surface area contributed by atoms with Crippen LogP contribution in [0.15, 0.2) is 59.2 Å². The van der Waals surface area contributed by atoms with Gasteiger partial charge in [0.2, 0.25) is 5.91 Å². The minimum Gasteiger partial charge on any atom is -0.468 e. The molecule has 3 N–H and O–H groups in total. The summed E-state index contributed by atoms with van der Waals surface area (Å²) < 4.78 is 5.41. The fraction of sp³-hybridized carbons (Fsp3) is 0.348. The monoisotopic (exact) mass is 418 g/mol. The van der Waals surface area contributed by atoms with Gasteiger partial charge < -0.3 is 14.6 Å². The first-order valence-electron chi connectivity index (χ1n) is 10.8. The molecule has 1 amide bonds. The number of nitrogens with zero attached hydrogens (tertiary/aromatic N) is 3. The zero-order chi connectivity index (χ0) is 21.0. The molecule has 5 rings (SSSR count). The van der Waals surface area contributed by atoms with Crippen molar-refractivity contribution in [2.45, 2.75) is 37.8 Å². The Morgan fingerprint density at radius 1 is 1.00 bits per heavy atom. The van der Waals surface area contributed by atoms with Gasteiger partial charge in [0, 0.05) is 24.3 Å². The van der Waals surface area contributed by atoms with Gasteiger partial charge in [0.1, 0.15) is 11.8 Å². The van der Waals surface area contributed by atoms with Crippen molar-refractivity contribution < 1.29 is 9.21 Å². The third kappa shape index (κ3) is 4.45. The third-order valence-electron chi connectivity index (χ3n) is 5.89. The summed E-state index contributed by atoms with van der Waals surface area (Å²) in [5, 5.41) is 11.8. The molecule has 3 aromatic rings. The maximum atomic E-state index is 12.6. The molecular weight excluding hydrogens is 392 g/mol. The molecule has 0 saturated carbocycles. The highest BCUT2D eigenvalue weighted by Gasteiger charge is 2.31. The largest absolute Gasteiger partial charge is 0.468 e. The van der Waals surface area contributed by atoms with Crippen LogP contribution in [-0.4, -0.2) is 35.2 Å². The van der Waals surface area contributed by atoms with Gasteiger partial charge in [-0.1, -0.05) is 12.1 Å². The van der Waals surface area contributed by atoms with Gasteiger partial charge in [-0.25, -0.2) is 10.9 Å². The van der Waals surface area contributed by atoms with Crippen molar-refractivity contribution >= 4 is 17.4 Å². The summed E-state index contributed by atoms with van der Waals surface area (Å²) >= 11 is 0. The van der Waals surface area contributed by atoms with Crippen LogP contribution in [0.5, 0.6) is 0 Å². The first-order valence-corrected chi connectivity index (χ1v) is 10.8. The van der Waals surface area contributed by atoms with Crippen molar-refractivity contribution in [1.82, 2.24) is 21.0 Å². The molecule has 2 atom stereocenters. The van der Waals surface area contributed by atoms with E-state index in [1.165, 1.54) is 19.3 Å². The molecular formula is C23H26N6O2. The molecule has 1 aromatic carbocycles. The highest BCUT2D eigenvalue weighted by Crippen LogP contribution is 2.25. The highest BCUT2D eigenvalue weighted by molar-refractivity contribution is 5.95. The van der Waals surface area contributed by atoms with Crippen molar-refractivity contribution in [2.24, 2.45) is 0 Å². The van der Waals surface area contributed by atoms with Crippen molar-refractivity contribution in [1.29, 1.82) is 0 Å². The Morgan fingerprint density at radius 2 is 1.84 bits per heavy atom. The number of piperidine rings is 1. The van der Waals surface area contributed by atoms with Gasteiger partial charge in [-0.2, -0.15) is 0 Å². The predicted octanol–water partition coefficient (Wildman–Crippen LogP) is 3.27. The number of carbonyl (C=O) groups is 1. The van der Waals surface area contributed by atoms with Crippen LogP contribution in [0.25, 0.3) is 11.3 Å². The lowest BCUT2D eigenvalue weighted by Crippen LogP contribution is -2.39. The van der Waals surface area contributed by atoms with Crippen molar-refractivity contribution in [3.05, 3.63) is 60.6 Å². The molecule has 31 heavy (non-hydrogen) atoms. The SMILES string of the molecule is O=C(Nc1ccc(-c2ccc(N3CCCCC3)nn2)cc1)C1CC(c2ccco2)NN1. The average molecular weight is 419 g/mol. The van der Waals surface area contributed by atoms with E-state index in [1.54, 1.807) is 6.26 Å². The molecule has 2 aliphatic rings. The zero-order valence-corrected chi connectivity index (χ0v) is 17.3. The second-order valence-corrected chi connectivity index (χ2v) is 8.04. The quantitative estimate of drug-likeness (QED) is 0.585. The minimum atomic E-state index is -0.331. The topological polar surface area (TPSA) is 95.3 Å². The molecule has 2 saturated heterocycles. The lowest BCUT2D eigenvalue weighted by Gasteiger charge is -2.27. The van der Waals surface area contributed by atoms with Gasteiger partial charge in [-0.15, -0.1) is 10.2 Å². The van der Waals surface area contributed by atoms with E-state index < -0.39 is 0 Å². The number of anilines is 2. The summed E-state index contributed by atoms with van der Waals surface area (Å²) in [5.74, 6) is 1.68. The molecule has 0 spiro atoms. The van der Waals surface area contributed by atoms with Crippen LogP contribution in [0, 0.1) is 0 Å². The third-order valence-corrected chi connectivity index (χ3v) is 5.89. The minimum absolute atomic E-state index is 0.0143. The molecule has 8 heteroatoms. The van der Waals surface area contributed by atoms with Crippen molar-refractivity contribution in [3.8, 4) is 11.3 Å². The molecule has 2 aromatic heterocycles. The normalized spacial score (nSPS) is 21.2. The second kappa shape index (κ2) is 8.87. The van der Waals surface area contributed by atoms with Crippen LogP contribution in [0.2, 0.25) is 0 Å². The van der Waals surface area contributed by atoms with Crippen LogP contribution >= 0.6 is 0 Å². The zero-order valence-electron chi connectivity index (χ0n) is 17.3. The summed E-state index contributed by atoms with van der Waals surface area (Å²) in [6.07, 6.45) is 5.98. The van der Waals surface area contributed by atoms with E-state index in [0.717, 1.165) is 41.6 Å². The van der Waals surface area contributed by atoms with Crippen molar-refractivity contribution in [2.75, 3.05) is 23.3 Å². The Bertz CT molecular complexity index is 998. The van der Waals surface area contributed by atoms with Gasteiger partial charge in [0.25, 0.3) is 0 Å². The molecule has 2 unspecified atom stereocenters. The Hall–Kier alpha value is -3.23. The van der Waals surface area contributed by atoms with E-state index in [1.807, 2.05) is 48.5 Å². The van der Waals surface area contributed by atoms with Gasteiger partial charge >= 0.3 is 0 Å². The lowest BCUT2D eigenvalue weighted by molar-refractivity contribution is -0.117. The van der Waals surface area contributed by atoms with Crippen LogP contribution in [-0.2, 0) is 4.79 Å². The molecule has 0 bridgehead atoms. The average Bonchev–Trinajstić information content (AvgIpc) is 3.53. The summed E-state index contributed by atoms with van der Waals surface area (Å²) in [7, 11) is 0. The molecule has 2 fully saturated rings. The molecule has 4 heterocycles. The van der Waals surface area contributed by atoms with Gasteiger partial charge in [-0.05, 0) is 62.1 Å². The van der Waals surface area contributed by atoms with Crippen molar-refractivity contribution in [3.63, 3.8) is 0 Å². The van der Waals surface area contributed by atoms with E-state index in [-0.39, 0.29) is 18.0 Å². The van der Waals surface area contributed by atoms with Gasteiger partial charge in [0.15, 0.2) is 5.82 Å². The number of amides is 1. The summed E-state index contributed by atoms with van der Waals surface area (Å²) in [6.45, 7) is 2.10. The van der Waals surface area contributed by atoms with Crippen LogP contribution in [0.3, 0.4) is 0 Å². The van der Waals surface area contributed by atoms with Gasteiger partial charge in [0.05, 0.1) is 18.0 Å². The number of hydrogen-bond donors (Lipinski definition) is 3. The van der Waals surface area contributed by atoms with Crippen LogP contribution in [0.1, 0.15) is 37.5 Å². The number of hydrogen-bond acceptors (Lipinski definition) is 7.